The third-order valence-electron chi connectivity index (χ3n) is 4.89. The molecule has 132 valence electrons. The Morgan fingerprint density at radius 2 is 1.96 bits per heavy atom. The van der Waals surface area contributed by atoms with Crippen molar-refractivity contribution in [1.29, 1.82) is 0 Å². The van der Waals surface area contributed by atoms with Gasteiger partial charge in [0.15, 0.2) is 0 Å². The number of hydrogen-bond acceptors (Lipinski definition) is 2. The Morgan fingerprint density at radius 1 is 1.20 bits per heavy atom. The third-order valence-corrected chi connectivity index (χ3v) is 4.89. The molecule has 0 spiro atoms. The maximum atomic E-state index is 13.3. The van der Waals surface area contributed by atoms with Crippen LogP contribution in [0.4, 0.5) is 4.39 Å². The zero-order valence-corrected chi connectivity index (χ0v) is 14.8. The minimum Gasteiger partial charge on any atom is -0.350 e. The molecule has 3 rings (SSSR count). The highest BCUT2D eigenvalue weighted by Crippen LogP contribution is 2.21. The van der Waals surface area contributed by atoms with Crippen LogP contribution in [0, 0.1) is 5.82 Å². The molecular formula is C21H25FN2O. The zero-order chi connectivity index (χ0) is 17.8. The Morgan fingerprint density at radius 3 is 2.64 bits per heavy atom. The van der Waals surface area contributed by atoms with Crippen LogP contribution in [-0.4, -0.2) is 36.0 Å². The van der Waals surface area contributed by atoms with Gasteiger partial charge in [-0.2, -0.15) is 0 Å². The molecule has 1 fully saturated rings. The van der Waals surface area contributed by atoms with Crippen LogP contribution in [0.3, 0.4) is 0 Å². The predicted molar refractivity (Wildman–Crippen MR) is 99.0 cm³/mol. The molecule has 1 N–H and O–H groups in total. The second-order valence-electron chi connectivity index (χ2n) is 6.93. The molecule has 1 aliphatic heterocycles. The van der Waals surface area contributed by atoms with Crippen molar-refractivity contribution in [2.24, 2.45) is 0 Å². The van der Waals surface area contributed by atoms with E-state index in [2.05, 4.69) is 24.1 Å². The Hall–Kier alpha value is -2.20. The summed E-state index contributed by atoms with van der Waals surface area (Å²) in [5.74, 6) is -0.313. The highest BCUT2D eigenvalue weighted by atomic mass is 19.1. The van der Waals surface area contributed by atoms with Crippen LogP contribution in [0.1, 0.15) is 37.0 Å². The molecule has 1 saturated heterocycles. The zero-order valence-electron chi connectivity index (χ0n) is 14.8. The van der Waals surface area contributed by atoms with E-state index in [1.807, 2.05) is 18.2 Å². The number of amides is 1. The first-order valence-electron chi connectivity index (χ1n) is 8.94. The minimum absolute atomic E-state index is 0.0543. The summed E-state index contributed by atoms with van der Waals surface area (Å²) in [6.07, 6.45) is 2.33. The number of benzene rings is 2. The van der Waals surface area contributed by atoms with Gasteiger partial charge >= 0.3 is 0 Å². The molecule has 25 heavy (non-hydrogen) atoms. The Balaban J connectivity index is 1.61. The second kappa shape index (κ2) is 7.79. The van der Waals surface area contributed by atoms with Crippen molar-refractivity contribution in [3.63, 3.8) is 0 Å². The molecule has 1 atom stereocenters. The fourth-order valence-electron chi connectivity index (χ4n) is 3.55. The summed E-state index contributed by atoms with van der Waals surface area (Å²) in [4.78, 5) is 14.8. The molecule has 4 heteroatoms. The molecule has 0 saturated carbocycles. The molecule has 1 aliphatic rings. The summed E-state index contributed by atoms with van der Waals surface area (Å²) in [6, 6.07) is 14.7. The quantitative estimate of drug-likeness (QED) is 0.889. The van der Waals surface area contributed by atoms with Gasteiger partial charge in [-0.05, 0) is 68.6 Å². The smallest absolute Gasteiger partial charge is 0.251 e. The van der Waals surface area contributed by atoms with Crippen molar-refractivity contribution in [3.05, 3.63) is 59.9 Å². The van der Waals surface area contributed by atoms with Gasteiger partial charge in [-0.15, -0.1) is 0 Å². The molecule has 0 bridgehead atoms. The van der Waals surface area contributed by atoms with Gasteiger partial charge in [-0.25, -0.2) is 4.39 Å². The van der Waals surface area contributed by atoms with Crippen molar-refractivity contribution < 1.29 is 9.18 Å². The SMILES string of the molecule is CC(C)N1CCC[C@@H]1CNC(=O)c1ccc(-c2cccc(F)c2)cc1. The summed E-state index contributed by atoms with van der Waals surface area (Å²) in [5.41, 5.74) is 2.34. The van der Waals surface area contributed by atoms with E-state index in [1.165, 1.54) is 18.6 Å². The molecule has 1 amide bonds. The Bertz CT molecular complexity index is 727. The lowest BCUT2D eigenvalue weighted by Gasteiger charge is -2.28. The average molecular weight is 340 g/mol. The van der Waals surface area contributed by atoms with Crippen LogP contribution in [0.5, 0.6) is 0 Å². The molecule has 3 nitrogen and oxygen atoms in total. The first-order valence-corrected chi connectivity index (χ1v) is 8.94. The van der Waals surface area contributed by atoms with Gasteiger partial charge in [0, 0.05) is 24.2 Å². The fraction of sp³-hybridized carbons (Fsp3) is 0.381. The standard InChI is InChI=1S/C21H25FN2O/c1-15(2)24-12-4-7-20(24)14-23-21(25)17-10-8-16(9-11-17)18-5-3-6-19(22)13-18/h3,5-6,8-11,13,15,20H,4,7,12,14H2,1-2H3,(H,23,25)/t20-/m1/s1. The van der Waals surface area contributed by atoms with Gasteiger partial charge in [0.2, 0.25) is 0 Å². The minimum atomic E-state index is -0.259. The van der Waals surface area contributed by atoms with Gasteiger partial charge in [0.25, 0.3) is 5.91 Å². The van der Waals surface area contributed by atoms with E-state index in [0.29, 0.717) is 24.2 Å². The molecule has 2 aromatic carbocycles. The van der Waals surface area contributed by atoms with Gasteiger partial charge in [0.1, 0.15) is 5.82 Å². The molecule has 0 unspecified atom stereocenters. The number of likely N-dealkylation sites (tertiary alicyclic amines) is 1. The monoisotopic (exact) mass is 340 g/mol. The number of halogens is 1. The van der Waals surface area contributed by atoms with Crippen LogP contribution in [0.25, 0.3) is 11.1 Å². The molecular weight excluding hydrogens is 315 g/mol. The van der Waals surface area contributed by atoms with Crippen LogP contribution in [0.2, 0.25) is 0 Å². The van der Waals surface area contributed by atoms with Crippen LogP contribution in [-0.2, 0) is 0 Å². The number of nitrogens with zero attached hydrogens (tertiary/aromatic N) is 1. The van der Waals surface area contributed by atoms with Gasteiger partial charge in [0.05, 0.1) is 0 Å². The van der Waals surface area contributed by atoms with Crippen LogP contribution >= 0.6 is 0 Å². The van der Waals surface area contributed by atoms with Crippen LogP contribution < -0.4 is 5.32 Å². The lowest BCUT2D eigenvalue weighted by molar-refractivity contribution is 0.0935. The van der Waals surface area contributed by atoms with E-state index < -0.39 is 0 Å². The third kappa shape index (κ3) is 4.26. The van der Waals surface area contributed by atoms with Crippen molar-refractivity contribution in [2.75, 3.05) is 13.1 Å². The highest BCUT2D eigenvalue weighted by Gasteiger charge is 2.26. The average Bonchev–Trinajstić information content (AvgIpc) is 3.09. The number of hydrogen-bond donors (Lipinski definition) is 1. The van der Waals surface area contributed by atoms with E-state index in [0.717, 1.165) is 24.1 Å². The summed E-state index contributed by atoms with van der Waals surface area (Å²) in [6.45, 7) is 6.19. The van der Waals surface area contributed by atoms with E-state index in [1.54, 1.807) is 18.2 Å². The summed E-state index contributed by atoms with van der Waals surface area (Å²) in [5, 5.41) is 3.05. The molecule has 1 heterocycles. The second-order valence-corrected chi connectivity index (χ2v) is 6.93. The van der Waals surface area contributed by atoms with Crippen molar-refractivity contribution in [2.45, 2.75) is 38.8 Å². The number of nitrogens with one attached hydrogen (secondary N) is 1. The van der Waals surface area contributed by atoms with E-state index in [4.69, 9.17) is 0 Å². The number of carbonyl (C=O) groups excluding carboxylic acids is 1. The van der Waals surface area contributed by atoms with Gasteiger partial charge < -0.3 is 5.32 Å². The molecule has 0 aliphatic carbocycles. The lowest BCUT2D eigenvalue weighted by atomic mass is 10.0. The first kappa shape index (κ1) is 17.6. The molecule has 2 aromatic rings. The van der Waals surface area contributed by atoms with Crippen LogP contribution in [0.15, 0.2) is 48.5 Å². The maximum Gasteiger partial charge on any atom is 0.251 e. The van der Waals surface area contributed by atoms with Crippen molar-refractivity contribution >= 4 is 5.91 Å². The normalized spacial score (nSPS) is 17.8. The summed E-state index contributed by atoms with van der Waals surface area (Å²) < 4.78 is 13.3. The van der Waals surface area contributed by atoms with Gasteiger partial charge in [-0.3, -0.25) is 9.69 Å². The van der Waals surface area contributed by atoms with Gasteiger partial charge in [-0.1, -0.05) is 24.3 Å². The topological polar surface area (TPSA) is 32.3 Å². The van der Waals surface area contributed by atoms with E-state index in [9.17, 15) is 9.18 Å². The summed E-state index contributed by atoms with van der Waals surface area (Å²) >= 11 is 0. The number of carbonyl (C=O) groups is 1. The maximum absolute atomic E-state index is 13.3. The Labute approximate surface area is 148 Å². The van der Waals surface area contributed by atoms with Crippen molar-refractivity contribution in [3.8, 4) is 11.1 Å². The van der Waals surface area contributed by atoms with E-state index in [-0.39, 0.29) is 11.7 Å². The predicted octanol–water partition coefficient (Wildman–Crippen LogP) is 4.10. The lowest BCUT2D eigenvalue weighted by Crippen LogP contribution is -2.43. The summed E-state index contributed by atoms with van der Waals surface area (Å²) in [7, 11) is 0. The largest absolute Gasteiger partial charge is 0.350 e. The highest BCUT2D eigenvalue weighted by molar-refractivity contribution is 5.94. The molecule has 0 aromatic heterocycles. The molecule has 0 radical (unpaired) electrons. The first-order chi connectivity index (χ1) is 12.0. The Kier molecular flexibility index (Phi) is 5.49. The van der Waals surface area contributed by atoms with Crippen molar-refractivity contribution in [1.82, 2.24) is 10.2 Å². The van der Waals surface area contributed by atoms with E-state index >= 15 is 0 Å². The number of rotatable bonds is 5. The fourth-order valence-corrected chi connectivity index (χ4v) is 3.55.